The van der Waals surface area contributed by atoms with Gasteiger partial charge in [-0.2, -0.15) is 0 Å². The molecule has 6 heteroatoms. The lowest BCUT2D eigenvalue weighted by Crippen LogP contribution is -2.52. The van der Waals surface area contributed by atoms with Gasteiger partial charge in [-0.15, -0.1) is 0 Å². The summed E-state index contributed by atoms with van der Waals surface area (Å²) in [5.41, 5.74) is 0.143. The fourth-order valence-electron chi connectivity index (χ4n) is 4.50. The van der Waals surface area contributed by atoms with Crippen molar-refractivity contribution < 1.29 is 19.3 Å². The first-order valence-corrected chi connectivity index (χ1v) is 10.3. The van der Waals surface area contributed by atoms with E-state index >= 15 is 0 Å². The van der Waals surface area contributed by atoms with Crippen molar-refractivity contribution in [3.05, 3.63) is 45.6 Å². The zero-order valence-electron chi connectivity index (χ0n) is 15.2. The lowest BCUT2D eigenvalue weighted by Gasteiger charge is -2.34. The Kier molecular flexibility index (Phi) is 5.42. The Morgan fingerprint density at radius 3 is 2.92 bits per heavy atom. The highest BCUT2D eigenvalue weighted by Crippen LogP contribution is 2.48. The molecule has 3 aliphatic rings. The van der Waals surface area contributed by atoms with Gasteiger partial charge in [-0.3, -0.25) is 4.90 Å². The summed E-state index contributed by atoms with van der Waals surface area (Å²) >= 11 is 2.32. The minimum absolute atomic E-state index is 0.0163. The predicted molar refractivity (Wildman–Crippen MR) is 107 cm³/mol. The molecule has 0 radical (unpaired) electrons. The Balaban J connectivity index is 1.44. The number of hydrogen-bond acceptors (Lipinski definition) is 5. The third kappa shape index (κ3) is 3.59. The molecule has 5 nitrogen and oxygen atoms in total. The summed E-state index contributed by atoms with van der Waals surface area (Å²) in [6.45, 7) is 5.55. The SMILES string of the molecule is C/C(I)=C\[C@H]1[C@H](OCOCc2ccccc2)[C@@](C)(O)[C@H]2[C@@H]3O[C@@H]3CCN12. The van der Waals surface area contributed by atoms with Crippen molar-refractivity contribution in [2.24, 2.45) is 0 Å². The molecule has 3 heterocycles. The van der Waals surface area contributed by atoms with Crippen LogP contribution in [0.1, 0.15) is 25.8 Å². The summed E-state index contributed by atoms with van der Waals surface area (Å²) < 4.78 is 18.8. The van der Waals surface area contributed by atoms with E-state index in [1.54, 1.807) is 0 Å². The Hall–Kier alpha value is -0.510. The molecule has 3 fully saturated rings. The van der Waals surface area contributed by atoms with Gasteiger partial charge in [0.15, 0.2) is 0 Å². The van der Waals surface area contributed by atoms with Gasteiger partial charge in [0.25, 0.3) is 0 Å². The molecule has 1 aromatic rings. The van der Waals surface area contributed by atoms with E-state index in [4.69, 9.17) is 14.2 Å². The number of rotatable bonds is 6. The van der Waals surface area contributed by atoms with Gasteiger partial charge in [-0.05, 0) is 52.0 Å². The van der Waals surface area contributed by atoms with Gasteiger partial charge in [-0.25, -0.2) is 0 Å². The van der Waals surface area contributed by atoms with E-state index in [0.717, 1.165) is 18.5 Å². The number of aliphatic hydroxyl groups is 1. The highest BCUT2D eigenvalue weighted by Gasteiger charge is 2.66. The van der Waals surface area contributed by atoms with Crippen LogP contribution >= 0.6 is 22.6 Å². The van der Waals surface area contributed by atoms with Gasteiger partial charge < -0.3 is 19.3 Å². The van der Waals surface area contributed by atoms with Crippen molar-refractivity contribution in [1.29, 1.82) is 0 Å². The molecule has 0 amide bonds. The number of fused-ring (bicyclic) bond motifs is 3. The topological polar surface area (TPSA) is 54.5 Å². The van der Waals surface area contributed by atoms with Crippen molar-refractivity contribution in [3.8, 4) is 0 Å². The van der Waals surface area contributed by atoms with Crippen LogP contribution in [0, 0.1) is 0 Å². The highest BCUT2D eigenvalue weighted by atomic mass is 127. The van der Waals surface area contributed by atoms with E-state index in [1.807, 2.05) is 37.3 Å². The van der Waals surface area contributed by atoms with Crippen LogP contribution in [-0.2, 0) is 20.8 Å². The minimum Gasteiger partial charge on any atom is -0.386 e. The molecule has 0 bridgehead atoms. The molecule has 0 saturated carbocycles. The van der Waals surface area contributed by atoms with Crippen LogP contribution in [0.4, 0.5) is 0 Å². The Labute approximate surface area is 168 Å². The van der Waals surface area contributed by atoms with Crippen molar-refractivity contribution >= 4 is 22.6 Å². The molecule has 3 aliphatic heterocycles. The van der Waals surface area contributed by atoms with Gasteiger partial charge in [0.1, 0.15) is 24.6 Å². The van der Waals surface area contributed by atoms with Crippen LogP contribution in [0.2, 0.25) is 0 Å². The third-order valence-corrected chi connectivity index (χ3v) is 6.03. The Morgan fingerprint density at radius 1 is 1.42 bits per heavy atom. The molecule has 26 heavy (non-hydrogen) atoms. The average Bonchev–Trinajstić information content (AvgIpc) is 3.35. The van der Waals surface area contributed by atoms with E-state index in [2.05, 4.69) is 40.5 Å². The van der Waals surface area contributed by atoms with Gasteiger partial charge >= 0.3 is 0 Å². The first-order chi connectivity index (χ1) is 12.5. The third-order valence-electron chi connectivity index (χ3n) is 5.67. The number of epoxide rings is 1. The van der Waals surface area contributed by atoms with Crippen molar-refractivity contribution in [2.45, 2.75) is 62.9 Å². The van der Waals surface area contributed by atoms with Crippen LogP contribution in [0.3, 0.4) is 0 Å². The van der Waals surface area contributed by atoms with Gasteiger partial charge in [0.2, 0.25) is 0 Å². The smallest absolute Gasteiger partial charge is 0.147 e. The van der Waals surface area contributed by atoms with Crippen molar-refractivity contribution in [3.63, 3.8) is 0 Å². The molecule has 4 rings (SSSR count). The summed E-state index contributed by atoms with van der Waals surface area (Å²) in [6.07, 6.45) is 3.32. The lowest BCUT2D eigenvalue weighted by molar-refractivity contribution is -0.152. The first kappa shape index (κ1) is 18.8. The van der Waals surface area contributed by atoms with Gasteiger partial charge in [-0.1, -0.05) is 36.4 Å². The van der Waals surface area contributed by atoms with Crippen LogP contribution in [0.5, 0.6) is 0 Å². The fraction of sp³-hybridized carbons (Fsp3) is 0.600. The zero-order valence-corrected chi connectivity index (χ0v) is 17.3. The second-order valence-electron chi connectivity index (χ2n) is 7.62. The molecular formula is C20H26INO4. The molecule has 1 N–H and O–H groups in total. The molecule has 3 saturated heterocycles. The van der Waals surface area contributed by atoms with E-state index in [0.29, 0.717) is 12.7 Å². The van der Waals surface area contributed by atoms with E-state index in [9.17, 15) is 5.11 Å². The second-order valence-corrected chi connectivity index (χ2v) is 9.32. The fourth-order valence-corrected chi connectivity index (χ4v) is 4.87. The highest BCUT2D eigenvalue weighted by molar-refractivity contribution is 14.1. The maximum Gasteiger partial charge on any atom is 0.147 e. The summed E-state index contributed by atoms with van der Waals surface area (Å²) in [5.74, 6) is 0. The van der Waals surface area contributed by atoms with Crippen LogP contribution in [0.15, 0.2) is 40.0 Å². The first-order valence-electron chi connectivity index (χ1n) is 9.19. The molecule has 0 unspecified atom stereocenters. The quantitative estimate of drug-likeness (QED) is 0.300. The number of ether oxygens (including phenoxy) is 3. The van der Waals surface area contributed by atoms with Crippen LogP contribution in [0.25, 0.3) is 0 Å². The van der Waals surface area contributed by atoms with E-state index in [1.165, 1.54) is 3.58 Å². The Morgan fingerprint density at radius 2 is 2.19 bits per heavy atom. The summed E-state index contributed by atoms with van der Waals surface area (Å²) in [5, 5.41) is 11.3. The number of hydrogen-bond donors (Lipinski definition) is 1. The standard InChI is InChI=1S/C20H26INO4/c1-13(21)10-15-19(25-12-24-11-14-6-4-3-5-7-14)20(2,23)18-17-16(26-17)8-9-22(15)18/h3-7,10,15-19,23H,8-9,11-12H2,1-2H3/b13-10+/t15-,16+,17+,18+,19-,20-/m0/s1. The molecule has 0 aromatic heterocycles. The number of nitrogens with zero attached hydrogens (tertiary/aromatic N) is 1. The van der Waals surface area contributed by atoms with Gasteiger partial charge in [0.05, 0.1) is 24.8 Å². The van der Waals surface area contributed by atoms with Crippen molar-refractivity contribution in [1.82, 2.24) is 4.90 Å². The summed E-state index contributed by atoms with van der Waals surface area (Å²) in [4.78, 5) is 2.36. The molecule has 0 aliphatic carbocycles. The average molecular weight is 471 g/mol. The molecular weight excluding hydrogens is 445 g/mol. The summed E-state index contributed by atoms with van der Waals surface area (Å²) in [7, 11) is 0. The number of benzene rings is 1. The largest absolute Gasteiger partial charge is 0.386 e. The second kappa shape index (κ2) is 7.48. The Bertz CT molecular complexity index is 661. The van der Waals surface area contributed by atoms with E-state index < -0.39 is 5.60 Å². The minimum atomic E-state index is -0.969. The summed E-state index contributed by atoms with van der Waals surface area (Å²) in [6, 6.07) is 10.1. The maximum absolute atomic E-state index is 11.3. The lowest BCUT2D eigenvalue weighted by atomic mass is 9.88. The predicted octanol–water partition coefficient (Wildman–Crippen LogP) is 2.86. The molecule has 1 aromatic carbocycles. The number of allylic oxidation sites excluding steroid dienone is 1. The molecule has 142 valence electrons. The zero-order chi connectivity index (χ0) is 18.3. The monoisotopic (exact) mass is 471 g/mol. The number of piperidine rings is 1. The maximum atomic E-state index is 11.3. The van der Waals surface area contributed by atoms with Crippen LogP contribution in [-0.4, -0.2) is 59.3 Å². The molecule has 0 spiro atoms. The van der Waals surface area contributed by atoms with Gasteiger partial charge in [0, 0.05) is 6.54 Å². The van der Waals surface area contributed by atoms with Crippen molar-refractivity contribution in [2.75, 3.05) is 13.3 Å². The molecule has 6 atom stereocenters. The normalized spacial score (nSPS) is 39.5. The van der Waals surface area contributed by atoms with E-state index in [-0.39, 0.29) is 31.1 Å². The van der Waals surface area contributed by atoms with Crippen LogP contribution < -0.4 is 0 Å². The number of halogens is 1.